The second-order valence-electron chi connectivity index (χ2n) is 13.5. The van der Waals surface area contributed by atoms with E-state index in [2.05, 4.69) is 50.1 Å². The number of rotatable bonds is 9. The molecule has 0 radical (unpaired) electrons. The van der Waals surface area contributed by atoms with Crippen LogP contribution in [0.15, 0.2) is 106 Å². The van der Waals surface area contributed by atoms with Gasteiger partial charge >= 0.3 is 5.69 Å². The van der Waals surface area contributed by atoms with Gasteiger partial charge in [0.2, 0.25) is 0 Å². The number of nitrogens with one attached hydrogen (secondary N) is 3. The summed E-state index contributed by atoms with van der Waals surface area (Å²) in [6.45, 7) is 5.32. The number of allylic oxidation sites excluding steroid dienone is 2. The van der Waals surface area contributed by atoms with E-state index in [0.29, 0.717) is 37.9 Å². The number of nitrogens with zero attached hydrogens (tertiary/aromatic N) is 5. The van der Waals surface area contributed by atoms with Gasteiger partial charge in [0.15, 0.2) is 5.65 Å². The smallest absolute Gasteiger partial charge is 0.337 e. The molecule has 1 aliphatic carbocycles. The van der Waals surface area contributed by atoms with Crippen LogP contribution in [-0.4, -0.2) is 75.6 Å². The molecule has 13 heteroatoms. The Bertz CT molecular complexity index is 2160. The summed E-state index contributed by atoms with van der Waals surface area (Å²) in [5, 5.41) is 9.30. The zero-order chi connectivity index (χ0) is 36.2. The van der Waals surface area contributed by atoms with E-state index >= 15 is 0 Å². The Hall–Kier alpha value is -5.40. The van der Waals surface area contributed by atoms with Gasteiger partial charge in [0, 0.05) is 70.8 Å². The van der Waals surface area contributed by atoms with Gasteiger partial charge in [0.05, 0.1) is 17.3 Å². The van der Waals surface area contributed by atoms with Crippen molar-refractivity contribution in [2.45, 2.75) is 44.3 Å². The lowest BCUT2D eigenvalue weighted by atomic mass is 9.90. The number of fused-ring (bicyclic) bond motifs is 1. The molecule has 52 heavy (non-hydrogen) atoms. The molecule has 0 unspecified atom stereocenters. The molecule has 0 spiro atoms. The fraction of sp³-hybridized carbons (Fsp3) is 0.333. The lowest BCUT2D eigenvalue weighted by Crippen LogP contribution is -2.46. The maximum absolute atomic E-state index is 14.5. The highest BCUT2D eigenvalue weighted by molar-refractivity contribution is 5.92. The number of carbonyl (C=O) groups is 1. The summed E-state index contributed by atoms with van der Waals surface area (Å²) in [4.78, 5) is 49.5. The molecule has 4 heterocycles. The van der Waals surface area contributed by atoms with Crippen molar-refractivity contribution in [3.05, 3.63) is 129 Å². The molecule has 3 N–H and O–H groups in total. The largest absolute Gasteiger partial charge is 0.382 e. The maximum atomic E-state index is 14.5. The number of piperazine rings is 1. The molecule has 11 nitrogen and oxygen atoms in total. The highest BCUT2D eigenvalue weighted by atomic mass is 19.1. The summed E-state index contributed by atoms with van der Waals surface area (Å²) in [5.74, 6) is -1.41. The van der Waals surface area contributed by atoms with Gasteiger partial charge in [-0.3, -0.25) is 19.1 Å². The maximum Gasteiger partial charge on any atom is 0.337 e. The first-order chi connectivity index (χ1) is 25.3. The van der Waals surface area contributed by atoms with Crippen molar-refractivity contribution in [1.82, 2.24) is 39.9 Å². The van der Waals surface area contributed by atoms with E-state index in [1.54, 1.807) is 30.3 Å². The fourth-order valence-corrected chi connectivity index (χ4v) is 7.27. The molecule has 1 saturated carbocycles. The summed E-state index contributed by atoms with van der Waals surface area (Å²) in [6.07, 6.45) is 8.82. The molecule has 4 aromatic rings. The lowest BCUT2D eigenvalue weighted by Gasteiger charge is -2.30. The molecule has 2 aromatic heterocycles. The molecule has 2 aromatic carbocycles. The van der Waals surface area contributed by atoms with E-state index in [0.717, 1.165) is 56.1 Å². The van der Waals surface area contributed by atoms with Crippen LogP contribution in [0, 0.1) is 5.82 Å². The van der Waals surface area contributed by atoms with Crippen molar-refractivity contribution < 1.29 is 13.6 Å². The van der Waals surface area contributed by atoms with Gasteiger partial charge in [-0.05, 0) is 66.6 Å². The molecule has 7 rings (SSSR count). The van der Waals surface area contributed by atoms with Gasteiger partial charge in [-0.2, -0.15) is 0 Å². The number of amides is 1. The predicted molar refractivity (Wildman–Crippen MR) is 197 cm³/mol. The van der Waals surface area contributed by atoms with E-state index in [1.807, 2.05) is 18.2 Å². The van der Waals surface area contributed by atoms with Crippen LogP contribution in [0.5, 0.6) is 0 Å². The molecule has 0 bridgehead atoms. The van der Waals surface area contributed by atoms with Crippen LogP contribution in [0.25, 0.3) is 27.8 Å². The van der Waals surface area contributed by atoms with Gasteiger partial charge in [-0.25, -0.2) is 23.1 Å². The Morgan fingerprint density at radius 1 is 1.00 bits per heavy atom. The van der Waals surface area contributed by atoms with Gasteiger partial charge in [0.25, 0.3) is 11.5 Å². The first-order valence-electron chi connectivity index (χ1n) is 17.7. The third-order valence-electron chi connectivity index (χ3n) is 9.99. The average molecular weight is 709 g/mol. The van der Waals surface area contributed by atoms with Crippen molar-refractivity contribution >= 4 is 16.9 Å². The van der Waals surface area contributed by atoms with Crippen LogP contribution >= 0.6 is 0 Å². The van der Waals surface area contributed by atoms with Crippen molar-refractivity contribution in [2.75, 3.05) is 39.8 Å². The summed E-state index contributed by atoms with van der Waals surface area (Å²) < 4.78 is 30.9. The third kappa shape index (κ3) is 7.60. The first kappa shape index (κ1) is 35.0. The van der Waals surface area contributed by atoms with Gasteiger partial charge < -0.3 is 20.9 Å². The number of hydrogen-bond donors (Lipinski definition) is 3. The summed E-state index contributed by atoms with van der Waals surface area (Å²) in [6, 6.07) is 16.3. The number of likely N-dealkylation sites (N-methyl/N-ethyl adjacent to an activating group) is 1. The second kappa shape index (κ2) is 15.5. The normalized spacial score (nSPS) is 19.8. The number of carbonyl (C=O) groups excluding carboxylic acids is 1. The van der Waals surface area contributed by atoms with E-state index in [4.69, 9.17) is 0 Å². The van der Waals surface area contributed by atoms with Crippen molar-refractivity contribution in [1.29, 1.82) is 0 Å². The Balaban J connectivity index is 1.13. The van der Waals surface area contributed by atoms with Crippen LogP contribution in [0.3, 0.4) is 0 Å². The van der Waals surface area contributed by atoms with Crippen LogP contribution < -0.4 is 27.2 Å². The minimum absolute atomic E-state index is 0.0135. The lowest BCUT2D eigenvalue weighted by molar-refractivity contribution is -0.118. The number of benzene rings is 2. The molecule has 1 saturated heterocycles. The monoisotopic (exact) mass is 708 g/mol. The van der Waals surface area contributed by atoms with Crippen LogP contribution in [-0.2, 0) is 11.3 Å². The molecule has 2 fully saturated rings. The highest BCUT2D eigenvalue weighted by Gasteiger charge is 2.28. The number of pyridine rings is 1. The summed E-state index contributed by atoms with van der Waals surface area (Å²) in [7, 11) is 1.62. The molecule has 2 aliphatic heterocycles. The molecular weight excluding hydrogens is 666 g/mol. The fourth-order valence-electron chi connectivity index (χ4n) is 7.27. The quantitative estimate of drug-likeness (QED) is 0.223. The summed E-state index contributed by atoms with van der Waals surface area (Å²) in [5.41, 5.74) is 2.81. The Labute approximate surface area is 300 Å². The zero-order valence-electron chi connectivity index (χ0n) is 29.0. The van der Waals surface area contributed by atoms with Gasteiger partial charge in [0.1, 0.15) is 17.3 Å². The zero-order valence-corrected chi connectivity index (χ0v) is 29.0. The SMILES string of the molecule is CN/C(=C\N1C=C(F)C=CC1)C(=O)NC1CCC(n2c(=O)c3cc(F)cnc3n(-c3cccc(-c4ccc(CN5CCNCC5)cc4)c3)c2=O)CC1. The molecular formula is C39H42F2N8O3. The van der Waals surface area contributed by atoms with E-state index in [9.17, 15) is 23.2 Å². The van der Waals surface area contributed by atoms with Gasteiger partial charge in [-0.1, -0.05) is 42.5 Å². The van der Waals surface area contributed by atoms with Crippen LogP contribution in [0.4, 0.5) is 8.78 Å². The predicted octanol–water partition coefficient (Wildman–Crippen LogP) is 4.10. The Kier molecular flexibility index (Phi) is 10.4. The standard InChI is InChI=1S/C39H42F2N8O3/c1-42-35(25-47-17-3-5-29(40)24-47)37(50)45-31-11-13-32(14-12-31)49-38(51)34-21-30(41)22-44-36(34)48(39(49)52)33-6-2-4-28(20-33)27-9-7-26(8-10-27)23-46-18-15-43-16-19-46/h2-10,20-22,24-25,31-32,42-43H,11-19,23H2,1H3,(H,45,50)/b35-25-. The van der Waals surface area contributed by atoms with Crippen molar-refractivity contribution in [3.8, 4) is 16.8 Å². The number of halogens is 2. The average Bonchev–Trinajstić information content (AvgIpc) is 3.16. The first-order valence-corrected chi connectivity index (χ1v) is 17.7. The topological polar surface area (TPSA) is 117 Å². The van der Waals surface area contributed by atoms with Crippen molar-refractivity contribution in [3.63, 3.8) is 0 Å². The van der Waals surface area contributed by atoms with E-state index < -0.39 is 28.9 Å². The Morgan fingerprint density at radius 3 is 2.50 bits per heavy atom. The number of hydrogen-bond acceptors (Lipinski definition) is 8. The molecule has 270 valence electrons. The van der Waals surface area contributed by atoms with E-state index in [1.165, 1.54) is 27.0 Å². The highest BCUT2D eigenvalue weighted by Crippen LogP contribution is 2.29. The third-order valence-corrected chi connectivity index (χ3v) is 9.99. The minimum atomic E-state index is -0.672. The van der Waals surface area contributed by atoms with Gasteiger partial charge in [-0.15, -0.1) is 0 Å². The van der Waals surface area contributed by atoms with E-state index in [-0.39, 0.29) is 28.7 Å². The van der Waals surface area contributed by atoms with Crippen LogP contribution in [0.1, 0.15) is 37.3 Å². The van der Waals surface area contributed by atoms with Crippen molar-refractivity contribution in [2.24, 2.45) is 0 Å². The number of aromatic nitrogens is 3. The molecule has 1 amide bonds. The Morgan fingerprint density at radius 2 is 1.77 bits per heavy atom. The van der Waals surface area contributed by atoms with Crippen LogP contribution in [0.2, 0.25) is 0 Å². The minimum Gasteiger partial charge on any atom is -0.382 e. The molecule has 3 aliphatic rings. The summed E-state index contributed by atoms with van der Waals surface area (Å²) >= 11 is 0. The second-order valence-corrected chi connectivity index (χ2v) is 13.5. The molecule has 0 atom stereocenters.